The lowest BCUT2D eigenvalue weighted by Gasteiger charge is -2.32. The van der Waals surface area contributed by atoms with Gasteiger partial charge in [-0.1, -0.05) is 49.3 Å². The molecule has 146 valence electrons. The molecule has 0 atom stereocenters. The van der Waals surface area contributed by atoms with E-state index < -0.39 is 6.29 Å². The van der Waals surface area contributed by atoms with Crippen molar-refractivity contribution in [2.45, 2.75) is 73.5 Å². The monoisotopic (exact) mass is 360 g/mol. The van der Waals surface area contributed by atoms with Crippen LogP contribution in [0.3, 0.4) is 0 Å². The molecule has 0 aromatic carbocycles. The third-order valence-electron chi connectivity index (χ3n) is 4.77. The van der Waals surface area contributed by atoms with Crippen molar-refractivity contribution in [2.75, 3.05) is 13.2 Å². The molecule has 0 bridgehead atoms. The third-order valence-corrected chi connectivity index (χ3v) is 4.77. The maximum Gasteiger partial charge on any atom is 0.164 e. The van der Waals surface area contributed by atoms with Crippen LogP contribution in [-0.2, 0) is 14.3 Å². The van der Waals surface area contributed by atoms with Crippen molar-refractivity contribution in [1.82, 2.24) is 0 Å². The molecular weight excluding hydrogens is 324 g/mol. The summed E-state index contributed by atoms with van der Waals surface area (Å²) in [7, 11) is 0. The number of hydrogen-bond donors (Lipinski definition) is 0. The van der Waals surface area contributed by atoms with Gasteiger partial charge in [0.15, 0.2) is 12.1 Å². The van der Waals surface area contributed by atoms with Crippen molar-refractivity contribution in [3.8, 4) is 0 Å². The highest BCUT2D eigenvalue weighted by Gasteiger charge is 2.26. The summed E-state index contributed by atoms with van der Waals surface area (Å²) < 4.78 is 10.8. The van der Waals surface area contributed by atoms with E-state index in [-0.39, 0.29) is 17.6 Å². The number of rotatable bonds is 10. The first-order chi connectivity index (χ1) is 12.3. The van der Waals surface area contributed by atoms with Crippen LogP contribution in [0.25, 0.3) is 0 Å². The molecule has 0 amide bonds. The number of carbonyl (C=O) groups is 1. The molecule has 0 heterocycles. The van der Waals surface area contributed by atoms with Gasteiger partial charge in [0.1, 0.15) is 0 Å². The highest BCUT2D eigenvalue weighted by atomic mass is 16.7. The minimum absolute atomic E-state index is 0.0110. The smallest absolute Gasteiger partial charge is 0.164 e. The van der Waals surface area contributed by atoms with E-state index in [1.165, 1.54) is 30.4 Å². The van der Waals surface area contributed by atoms with E-state index in [2.05, 4.69) is 39.8 Å². The van der Waals surface area contributed by atoms with Crippen molar-refractivity contribution >= 4 is 5.78 Å². The van der Waals surface area contributed by atoms with Gasteiger partial charge in [0.2, 0.25) is 0 Å². The van der Waals surface area contributed by atoms with Crippen LogP contribution in [0.5, 0.6) is 0 Å². The molecule has 0 saturated carbocycles. The molecule has 1 aliphatic rings. The number of ketones is 1. The largest absolute Gasteiger partial charge is 0.352 e. The summed E-state index contributed by atoms with van der Waals surface area (Å²) in [5.41, 5.74) is 4.32. The molecular formula is C23H36O3. The van der Waals surface area contributed by atoms with Crippen molar-refractivity contribution in [3.63, 3.8) is 0 Å². The van der Waals surface area contributed by atoms with E-state index in [4.69, 9.17) is 9.47 Å². The molecule has 3 nitrogen and oxygen atoms in total. The van der Waals surface area contributed by atoms with E-state index in [0.717, 1.165) is 5.57 Å². The lowest BCUT2D eigenvalue weighted by molar-refractivity contribution is -0.149. The molecule has 0 N–H and O–H groups in total. The number of ether oxygens (including phenoxy) is 2. The Labute approximate surface area is 159 Å². The Bertz CT molecular complexity index is 570. The van der Waals surface area contributed by atoms with Crippen molar-refractivity contribution in [2.24, 2.45) is 5.41 Å². The summed E-state index contributed by atoms with van der Waals surface area (Å²) in [6.45, 7) is 13.8. The van der Waals surface area contributed by atoms with Gasteiger partial charge in [-0.25, -0.2) is 0 Å². The standard InChI is InChI=1S/C23H36O3/c1-7-25-22(26-8-2)17-20(24)13-9-11-18(3)14-15-21-19(4)12-10-16-23(21,5)6/h9,11,13-15,22H,7-8,10,12,16-17H2,1-6H3. The summed E-state index contributed by atoms with van der Waals surface area (Å²) in [4.78, 5) is 12.0. The Hall–Kier alpha value is -1.45. The third kappa shape index (κ3) is 7.84. The minimum atomic E-state index is -0.449. The zero-order valence-electron chi connectivity index (χ0n) is 17.4. The zero-order valence-corrected chi connectivity index (χ0v) is 17.4. The highest BCUT2D eigenvalue weighted by molar-refractivity contribution is 5.90. The fraction of sp³-hybridized carbons (Fsp3) is 0.609. The van der Waals surface area contributed by atoms with Crippen molar-refractivity contribution in [1.29, 1.82) is 0 Å². The summed E-state index contributed by atoms with van der Waals surface area (Å²) in [5.74, 6) is 0.0110. The van der Waals surface area contributed by atoms with Gasteiger partial charge in [-0.05, 0) is 64.0 Å². The summed E-state index contributed by atoms with van der Waals surface area (Å²) >= 11 is 0. The quantitative estimate of drug-likeness (QED) is 0.275. The molecule has 0 saturated heterocycles. The minimum Gasteiger partial charge on any atom is -0.352 e. The first kappa shape index (κ1) is 22.6. The molecule has 1 rings (SSSR count). The van der Waals surface area contributed by atoms with E-state index in [9.17, 15) is 4.79 Å². The SMILES string of the molecule is CCOC(CC(=O)C=CC=C(C)C=CC1=C(C)CCCC1(C)C)OCC. The van der Waals surface area contributed by atoms with Crippen LogP contribution in [0.4, 0.5) is 0 Å². The first-order valence-corrected chi connectivity index (χ1v) is 9.79. The van der Waals surface area contributed by atoms with E-state index in [1.807, 2.05) is 26.0 Å². The van der Waals surface area contributed by atoms with E-state index in [1.54, 1.807) is 6.08 Å². The second-order valence-corrected chi connectivity index (χ2v) is 7.55. The van der Waals surface area contributed by atoms with Crippen LogP contribution in [-0.4, -0.2) is 25.3 Å². The van der Waals surface area contributed by atoms with Gasteiger partial charge in [0.25, 0.3) is 0 Å². The zero-order chi connectivity index (χ0) is 19.6. The lowest BCUT2D eigenvalue weighted by atomic mass is 9.72. The average molecular weight is 361 g/mol. The molecule has 3 heteroatoms. The normalized spacial score (nSPS) is 18.5. The molecule has 0 unspecified atom stereocenters. The predicted octanol–water partition coefficient (Wildman–Crippen LogP) is 5.93. The summed E-state index contributed by atoms with van der Waals surface area (Å²) in [5, 5.41) is 0. The summed E-state index contributed by atoms with van der Waals surface area (Å²) in [6.07, 6.45) is 13.3. The molecule has 0 aromatic heterocycles. The maximum absolute atomic E-state index is 12.0. The molecule has 0 aromatic rings. The Morgan fingerprint density at radius 1 is 1.19 bits per heavy atom. The van der Waals surface area contributed by atoms with Gasteiger partial charge in [0, 0.05) is 13.2 Å². The Morgan fingerprint density at radius 3 is 2.42 bits per heavy atom. The topological polar surface area (TPSA) is 35.5 Å². The number of hydrogen-bond acceptors (Lipinski definition) is 3. The van der Waals surface area contributed by atoms with Gasteiger partial charge < -0.3 is 9.47 Å². The van der Waals surface area contributed by atoms with Gasteiger partial charge in [0.05, 0.1) is 6.42 Å². The molecule has 0 radical (unpaired) electrons. The average Bonchev–Trinajstić information content (AvgIpc) is 2.54. The molecule has 1 aliphatic carbocycles. The Kier molecular flexibility index (Phi) is 9.82. The molecule has 0 fully saturated rings. The van der Waals surface area contributed by atoms with Crippen molar-refractivity contribution < 1.29 is 14.3 Å². The van der Waals surface area contributed by atoms with Crippen LogP contribution >= 0.6 is 0 Å². The fourth-order valence-corrected chi connectivity index (χ4v) is 3.36. The van der Waals surface area contributed by atoms with Crippen LogP contribution in [0.1, 0.15) is 67.2 Å². The second kappa shape index (κ2) is 11.3. The fourth-order valence-electron chi connectivity index (χ4n) is 3.36. The number of allylic oxidation sites excluding steroid dienone is 8. The van der Waals surface area contributed by atoms with Crippen LogP contribution in [0.15, 0.2) is 47.1 Å². The van der Waals surface area contributed by atoms with Crippen molar-refractivity contribution in [3.05, 3.63) is 47.1 Å². The Morgan fingerprint density at radius 2 is 1.85 bits per heavy atom. The molecule has 0 aliphatic heterocycles. The van der Waals surface area contributed by atoms with Crippen LogP contribution in [0.2, 0.25) is 0 Å². The predicted molar refractivity (Wildman–Crippen MR) is 109 cm³/mol. The van der Waals surface area contributed by atoms with Crippen LogP contribution < -0.4 is 0 Å². The molecule has 26 heavy (non-hydrogen) atoms. The maximum atomic E-state index is 12.0. The van der Waals surface area contributed by atoms with Gasteiger partial charge in [-0.15, -0.1) is 0 Å². The van der Waals surface area contributed by atoms with E-state index >= 15 is 0 Å². The highest BCUT2D eigenvalue weighted by Crippen LogP contribution is 2.40. The molecule has 0 spiro atoms. The Balaban J connectivity index is 2.64. The van der Waals surface area contributed by atoms with Gasteiger partial charge in [-0.3, -0.25) is 4.79 Å². The number of carbonyl (C=O) groups excluding carboxylic acids is 1. The van der Waals surface area contributed by atoms with Gasteiger partial charge in [-0.2, -0.15) is 0 Å². The first-order valence-electron chi connectivity index (χ1n) is 9.79. The van der Waals surface area contributed by atoms with E-state index in [0.29, 0.717) is 13.2 Å². The summed E-state index contributed by atoms with van der Waals surface area (Å²) in [6, 6.07) is 0. The second-order valence-electron chi connectivity index (χ2n) is 7.55. The lowest BCUT2D eigenvalue weighted by Crippen LogP contribution is -2.20. The van der Waals surface area contributed by atoms with Crippen LogP contribution in [0, 0.1) is 5.41 Å². The van der Waals surface area contributed by atoms with Gasteiger partial charge >= 0.3 is 0 Å².